The van der Waals surface area contributed by atoms with E-state index in [4.69, 9.17) is 16.1 Å². The van der Waals surface area contributed by atoms with Crippen molar-refractivity contribution in [2.45, 2.75) is 24.9 Å². The van der Waals surface area contributed by atoms with Gasteiger partial charge in [0, 0.05) is 24.8 Å². The summed E-state index contributed by atoms with van der Waals surface area (Å²) in [5.41, 5.74) is -0.392. The number of anilines is 1. The van der Waals surface area contributed by atoms with Gasteiger partial charge in [0.15, 0.2) is 0 Å². The zero-order chi connectivity index (χ0) is 20.6. The number of hydrogen-bond donors (Lipinski definition) is 0. The van der Waals surface area contributed by atoms with Crippen LogP contribution < -0.4 is 4.90 Å². The third-order valence-corrected chi connectivity index (χ3v) is 5.02. The molecule has 2 aromatic heterocycles. The Kier molecular flexibility index (Phi) is 5.16. The average molecular weight is 427 g/mol. The smallest absolute Gasteiger partial charge is 0.355 e. The highest BCUT2D eigenvalue weighted by atomic mass is 35.5. The van der Waals surface area contributed by atoms with Gasteiger partial charge in [0.1, 0.15) is 11.6 Å². The van der Waals surface area contributed by atoms with Crippen molar-refractivity contribution < 1.29 is 22.1 Å². The summed E-state index contributed by atoms with van der Waals surface area (Å²) in [5.74, 6) is 0.410. The number of nitrogens with zero attached hydrogens (tertiary/aromatic N) is 4. The molecule has 1 aliphatic heterocycles. The largest absolute Gasteiger partial charge is 0.417 e. The Labute approximate surface area is 168 Å². The van der Waals surface area contributed by atoms with Crippen LogP contribution in [-0.2, 0) is 6.18 Å². The quantitative estimate of drug-likeness (QED) is 0.530. The first-order chi connectivity index (χ1) is 13.8. The molecule has 0 unspecified atom stereocenters. The Balaban J connectivity index is 1.54. The summed E-state index contributed by atoms with van der Waals surface area (Å²) in [6.07, 6.45) is -2.21. The van der Waals surface area contributed by atoms with Gasteiger partial charge in [-0.2, -0.15) is 18.2 Å². The minimum Gasteiger partial charge on any atom is -0.355 e. The van der Waals surface area contributed by atoms with Gasteiger partial charge in [-0.3, -0.25) is 0 Å². The normalized spacial score (nSPS) is 17.6. The van der Waals surface area contributed by atoms with Crippen LogP contribution in [0.3, 0.4) is 0 Å². The predicted octanol–water partition coefficient (Wildman–Crippen LogP) is 5.33. The zero-order valence-electron chi connectivity index (χ0n) is 15.0. The van der Waals surface area contributed by atoms with Crippen LogP contribution in [0.5, 0.6) is 0 Å². The molecule has 0 N–H and O–H groups in total. The van der Waals surface area contributed by atoms with Gasteiger partial charge in [-0.05, 0) is 31.0 Å². The number of pyridine rings is 1. The highest BCUT2D eigenvalue weighted by Gasteiger charge is 2.33. The SMILES string of the molecule is Fc1cccc(-c2noc([C@H]3CCCN(c4ncc(C(F)(F)F)cc4Cl)C3)n2)c1. The highest BCUT2D eigenvalue weighted by Crippen LogP contribution is 2.36. The molecular formula is C19H15ClF4N4O. The number of halogens is 5. The second kappa shape index (κ2) is 7.62. The van der Waals surface area contributed by atoms with Gasteiger partial charge < -0.3 is 9.42 Å². The maximum Gasteiger partial charge on any atom is 0.417 e. The molecule has 3 aromatic rings. The van der Waals surface area contributed by atoms with Crippen molar-refractivity contribution in [3.63, 3.8) is 0 Å². The van der Waals surface area contributed by atoms with Crippen molar-refractivity contribution in [2.24, 2.45) is 0 Å². The minimum absolute atomic E-state index is 0.0635. The summed E-state index contributed by atoms with van der Waals surface area (Å²) in [4.78, 5) is 10.1. The van der Waals surface area contributed by atoms with Crippen LogP contribution in [0.15, 0.2) is 41.1 Å². The van der Waals surface area contributed by atoms with Crippen molar-refractivity contribution in [3.8, 4) is 11.4 Å². The van der Waals surface area contributed by atoms with E-state index in [0.29, 0.717) is 24.5 Å². The number of hydrogen-bond acceptors (Lipinski definition) is 5. The maximum atomic E-state index is 13.4. The molecule has 3 heterocycles. The Morgan fingerprint density at radius 2 is 2.03 bits per heavy atom. The molecule has 0 spiro atoms. The number of aromatic nitrogens is 3. The third kappa shape index (κ3) is 4.19. The fraction of sp³-hybridized carbons (Fsp3) is 0.316. The topological polar surface area (TPSA) is 55.1 Å². The van der Waals surface area contributed by atoms with Crippen LogP contribution in [0.2, 0.25) is 5.02 Å². The van der Waals surface area contributed by atoms with Crippen LogP contribution in [0, 0.1) is 5.82 Å². The van der Waals surface area contributed by atoms with Gasteiger partial charge >= 0.3 is 6.18 Å². The second-order valence-electron chi connectivity index (χ2n) is 6.78. The standard InChI is InChI=1S/C19H15ClF4N4O/c20-15-8-13(19(22,23)24)9-25-17(15)28-6-2-4-12(10-28)18-26-16(27-29-18)11-3-1-5-14(21)7-11/h1,3,5,7-9,12H,2,4,6,10H2/t12-/m0/s1. The lowest BCUT2D eigenvalue weighted by Crippen LogP contribution is -2.35. The fourth-order valence-corrected chi connectivity index (χ4v) is 3.62. The van der Waals surface area contributed by atoms with Crippen LogP contribution in [0.1, 0.15) is 30.2 Å². The van der Waals surface area contributed by atoms with Crippen molar-refractivity contribution >= 4 is 17.4 Å². The summed E-state index contributed by atoms with van der Waals surface area (Å²) in [7, 11) is 0. The lowest BCUT2D eigenvalue weighted by Gasteiger charge is -2.32. The Morgan fingerprint density at radius 1 is 1.21 bits per heavy atom. The van der Waals surface area contributed by atoms with E-state index in [-0.39, 0.29) is 22.6 Å². The van der Waals surface area contributed by atoms with E-state index in [2.05, 4.69) is 15.1 Å². The molecule has 1 atom stereocenters. The van der Waals surface area contributed by atoms with Crippen molar-refractivity contribution in [1.29, 1.82) is 0 Å². The fourth-order valence-electron chi connectivity index (χ4n) is 3.34. The van der Waals surface area contributed by atoms with E-state index in [0.717, 1.165) is 25.1 Å². The maximum absolute atomic E-state index is 13.4. The van der Waals surface area contributed by atoms with Crippen molar-refractivity contribution in [1.82, 2.24) is 15.1 Å². The first kappa shape index (κ1) is 19.6. The van der Waals surface area contributed by atoms with Gasteiger partial charge in [-0.15, -0.1) is 0 Å². The Morgan fingerprint density at radius 3 is 2.76 bits per heavy atom. The molecule has 1 saturated heterocycles. The van der Waals surface area contributed by atoms with Gasteiger partial charge in [-0.1, -0.05) is 28.9 Å². The monoisotopic (exact) mass is 426 g/mol. The molecule has 1 aliphatic rings. The Bertz CT molecular complexity index is 1020. The molecule has 29 heavy (non-hydrogen) atoms. The summed E-state index contributed by atoms with van der Waals surface area (Å²) in [6.45, 7) is 1.02. The van der Waals surface area contributed by atoms with Gasteiger partial charge in [-0.25, -0.2) is 9.37 Å². The molecule has 0 aliphatic carbocycles. The van der Waals surface area contributed by atoms with Crippen LogP contribution in [0.4, 0.5) is 23.4 Å². The summed E-state index contributed by atoms with van der Waals surface area (Å²) >= 11 is 6.07. The van der Waals surface area contributed by atoms with Crippen LogP contribution in [-0.4, -0.2) is 28.2 Å². The molecule has 0 saturated carbocycles. The highest BCUT2D eigenvalue weighted by molar-refractivity contribution is 6.33. The molecule has 1 aromatic carbocycles. The number of rotatable bonds is 3. The zero-order valence-corrected chi connectivity index (χ0v) is 15.7. The third-order valence-electron chi connectivity index (χ3n) is 4.74. The molecular weight excluding hydrogens is 412 g/mol. The Hall–Kier alpha value is -2.68. The molecule has 0 radical (unpaired) electrons. The minimum atomic E-state index is -4.50. The van der Waals surface area contributed by atoms with E-state index in [1.807, 2.05) is 4.90 Å². The van der Waals surface area contributed by atoms with Crippen molar-refractivity contribution in [3.05, 3.63) is 58.8 Å². The predicted molar refractivity (Wildman–Crippen MR) is 98.1 cm³/mol. The molecule has 0 amide bonds. The lowest BCUT2D eigenvalue weighted by atomic mass is 9.98. The van der Waals surface area contributed by atoms with E-state index < -0.39 is 17.6 Å². The van der Waals surface area contributed by atoms with E-state index in [9.17, 15) is 17.6 Å². The van der Waals surface area contributed by atoms with Crippen LogP contribution >= 0.6 is 11.6 Å². The van der Waals surface area contributed by atoms with Gasteiger partial charge in [0.2, 0.25) is 11.7 Å². The number of alkyl halides is 3. The molecule has 1 fully saturated rings. The lowest BCUT2D eigenvalue weighted by molar-refractivity contribution is -0.137. The molecule has 0 bridgehead atoms. The first-order valence-electron chi connectivity index (χ1n) is 8.88. The van der Waals surface area contributed by atoms with E-state index in [1.54, 1.807) is 12.1 Å². The number of benzene rings is 1. The summed E-state index contributed by atoms with van der Waals surface area (Å²) < 4.78 is 57.3. The summed E-state index contributed by atoms with van der Waals surface area (Å²) in [5, 5.41) is 3.86. The van der Waals surface area contributed by atoms with Crippen LogP contribution in [0.25, 0.3) is 11.4 Å². The van der Waals surface area contributed by atoms with E-state index >= 15 is 0 Å². The molecule has 152 valence electrons. The molecule has 10 heteroatoms. The van der Waals surface area contributed by atoms with Crippen molar-refractivity contribution in [2.75, 3.05) is 18.0 Å². The number of piperidine rings is 1. The second-order valence-corrected chi connectivity index (χ2v) is 7.19. The first-order valence-corrected chi connectivity index (χ1v) is 9.26. The van der Waals surface area contributed by atoms with E-state index in [1.165, 1.54) is 12.1 Å². The summed E-state index contributed by atoms with van der Waals surface area (Å²) in [6, 6.07) is 6.75. The molecule has 4 rings (SSSR count). The average Bonchev–Trinajstić information content (AvgIpc) is 3.18. The molecule has 5 nitrogen and oxygen atoms in total. The van der Waals surface area contributed by atoms with Gasteiger partial charge in [0.05, 0.1) is 16.5 Å². The van der Waals surface area contributed by atoms with Gasteiger partial charge in [0.25, 0.3) is 0 Å².